The number of carbonyl (C=O) groups is 2. The van der Waals surface area contributed by atoms with E-state index in [1.165, 1.54) is 4.90 Å². The predicted molar refractivity (Wildman–Crippen MR) is 131 cm³/mol. The predicted octanol–water partition coefficient (Wildman–Crippen LogP) is 4.69. The fourth-order valence-corrected chi connectivity index (χ4v) is 3.58. The molecule has 3 aromatic carbocycles. The second kappa shape index (κ2) is 11.1. The van der Waals surface area contributed by atoms with Crippen LogP contribution in [0.4, 0.5) is 5.69 Å². The number of benzene rings is 3. The molecule has 0 saturated carbocycles. The first-order chi connectivity index (χ1) is 17.1. The van der Waals surface area contributed by atoms with Gasteiger partial charge in [0.1, 0.15) is 0 Å². The van der Waals surface area contributed by atoms with E-state index in [0.29, 0.717) is 16.5 Å². The topological polar surface area (TPSA) is 101 Å². The highest BCUT2D eigenvalue weighted by Gasteiger charge is 2.23. The van der Waals surface area contributed by atoms with Gasteiger partial charge < -0.3 is 9.64 Å². The summed E-state index contributed by atoms with van der Waals surface area (Å²) in [5, 5.41) is 13.8. The Kier molecular flexibility index (Phi) is 7.50. The van der Waals surface area contributed by atoms with Gasteiger partial charge in [-0.05, 0) is 30.3 Å². The van der Waals surface area contributed by atoms with E-state index in [1.54, 1.807) is 28.9 Å². The lowest BCUT2D eigenvalue weighted by Crippen LogP contribution is -2.35. The second-order valence-electron chi connectivity index (χ2n) is 7.38. The van der Waals surface area contributed by atoms with Crippen LogP contribution in [-0.2, 0) is 9.53 Å². The summed E-state index contributed by atoms with van der Waals surface area (Å²) in [6.07, 6.45) is 0.107. The zero-order valence-electron chi connectivity index (χ0n) is 18.5. The van der Waals surface area contributed by atoms with Gasteiger partial charge >= 0.3 is 5.97 Å². The maximum absolute atomic E-state index is 12.9. The number of carbonyl (C=O) groups excluding carboxylic acids is 2. The molecule has 8 nitrogen and oxygen atoms in total. The molecular formula is C26H20ClN5O3. The number of nitriles is 1. The summed E-state index contributed by atoms with van der Waals surface area (Å²) in [7, 11) is 0. The van der Waals surface area contributed by atoms with Crippen molar-refractivity contribution in [3.8, 4) is 23.1 Å². The third-order valence-electron chi connectivity index (χ3n) is 5.02. The summed E-state index contributed by atoms with van der Waals surface area (Å²) in [6.45, 7) is -0.413. The summed E-state index contributed by atoms with van der Waals surface area (Å²) in [5.74, 6) is -1.05. The van der Waals surface area contributed by atoms with Crippen molar-refractivity contribution in [1.29, 1.82) is 5.26 Å². The first-order valence-corrected chi connectivity index (χ1v) is 11.1. The standard InChI is InChI=1S/C26H20ClN5O3/c27-20-11-7-14-22(17-20)31(16-8-15-28)23(33)18-35-26(34)24-29-25(19-9-3-1-4-10-19)32(30-24)21-12-5-2-6-13-21/h1-7,9-14,17H,8,16,18H2. The third kappa shape index (κ3) is 5.72. The van der Waals surface area contributed by atoms with Gasteiger partial charge in [0.2, 0.25) is 0 Å². The number of anilines is 1. The number of halogens is 1. The van der Waals surface area contributed by atoms with Crippen LogP contribution in [0, 0.1) is 11.3 Å². The molecule has 4 aromatic rings. The lowest BCUT2D eigenvalue weighted by molar-refractivity contribution is -0.121. The van der Waals surface area contributed by atoms with Crippen LogP contribution in [0.25, 0.3) is 17.1 Å². The number of hydrogen-bond donors (Lipinski definition) is 0. The Labute approximate surface area is 207 Å². The van der Waals surface area contributed by atoms with Crippen LogP contribution in [0.15, 0.2) is 84.9 Å². The highest BCUT2D eigenvalue weighted by molar-refractivity contribution is 6.30. The Morgan fingerprint density at radius 2 is 1.71 bits per heavy atom. The van der Waals surface area contributed by atoms with Crippen molar-refractivity contribution < 1.29 is 14.3 Å². The van der Waals surface area contributed by atoms with E-state index in [4.69, 9.17) is 21.6 Å². The summed E-state index contributed by atoms with van der Waals surface area (Å²) in [6, 6.07) is 27.3. The average molecular weight is 486 g/mol. The monoisotopic (exact) mass is 485 g/mol. The third-order valence-corrected chi connectivity index (χ3v) is 5.25. The van der Waals surface area contributed by atoms with Gasteiger partial charge in [0, 0.05) is 22.8 Å². The minimum atomic E-state index is -0.837. The normalized spacial score (nSPS) is 10.4. The molecule has 9 heteroatoms. The van der Waals surface area contributed by atoms with Crippen molar-refractivity contribution in [3.05, 3.63) is 95.8 Å². The molecule has 0 aliphatic heterocycles. The highest BCUT2D eigenvalue weighted by atomic mass is 35.5. The van der Waals surface area contributed by atoms with Crippen molar-refractivity contribution >= 4 is 29.2 Å². The molecule has 1 heterocycles. The van der Waals surface area contributed by atoms with Crippen molar-refractivity contribution in [2.75, 3.05) is 18.1 Å². The quantitative estimate of drug-likeness (QED) is 0.335. The van der Waals surface area contributed by atoms with E-state index in [-0.39, 0.29) is 18.8 Å². The Morgan fingerprint density at radius 1 is 1.00 bits per heavy atom. The fraction of sp³-hybridized carbons (Fsp3) is 0.115. The molecule has 1 amide bonds. The number of rotatable bonds is 8. The van der Waals surface area contributed by atoms with Gasteiger partial charge in [-0.15, -0.1) is 5.10 Å². The van der Waals surface area contributed by atoms with E-state index in [9.17, 15) is 9.59 Å². The molecule has 4 rings (SSSR count). The smallest absolute Gasteiger partial charge is 0.378 e. The van der Waals surface area contributed by atoms with E-state index < -0.39 is 18.5 Å². The number of aromatic nitrogens is 3. The number of nitrogens with zero attached hydrogens (tertiary/aromatic N) is 5. The van der Waals surface area contributed by atoms with Crippen LogP contribution < -0.4 is 4.90 Å². The molecule has 0 radical (unpaired) electrons. The van der Waals surface area contributed by atoms with Crippen molar-refractivity contribution in [1.82, 2.24) is 14.8 Å². The van der Waals surface area contributed by atoms with Crippen LogP contribution in [0.5, 0.6) is 0 Å². The zero-order chi connectivity index (χ0) is 24.6. The van der Waals surface area contributed by atoms with E-state index in [1.807, 2.05) is 66.7 Å². The number of ether oxygens (including phenoxy) is 1. The van der Waals surface area contributed by atoms with Crippen LogP contribution >= 0.6 is 11.6 Å². The SMILES string of the molecule is N#CCCN(C(=O)COC(=O)c1nc(-c2ccccc2)n(-c2ccccc2)n1)c1cccc(Cl)c1. The summed E-state index contributed by atoms with van der Waals surface area (Å²) >= 11 is 6.05. The summed E-state index contributed by atoms with van der Waals surface area (Å²) in [4.78, 5) is 31.4. The van der Waals surface area contributed by atoms with Crippen LogP contribution in [0.1, 0.15) is 17.0 Å². The average Bonchev–Trinajstić information content (AvgIpc) is 3.34. The molecular weight excluding hydrogens is 466 g/mol. The molecule has 0 N–H and O–H groups in total. The van der Waals surface area contributed by atoms with Crippen molar-refractivity contribution in [2.24, 2.45) is 0 Å². The first-order valence-electron chi connectivity index (χ1n) is 10.7. The largest absolute Gasteiger partial charge is 0.450 e. The minimum Gasteiger partial charge on any atom is -0.450 e. The van der Waals surface area contributed by atoms with Gasteiger partial charge in [-0.25, -0.2) is 14.5 Å². The molecule has 0 bridgehead atoms. The minimum absolute atomic E-state index is 0.107. The number of hydrogen-bond acceptors (Lipinski definition) is 6. The Balaban J connectivity index is 1.55. The summed E-state index contributed by atoms with van der Waals surface area (Å²) in [5.41, 5.74) is 1.99. The Morgan fingerprint density at radius 3 is 2.40 bits per heavy atom. The molecule has 35 heavy (non-hydrogen) atoms. The number of amides is 1. The van der Waals surface area contributed by atoms with Crippen LogP contribution in [-0.4, -0.2) is 39.8 Å². The van der Waals surface area contributed by atoms with Gasteiger partial charge in [-0.1, -0.05) is 66.2 Å². The number of para-hydroxylation sites is 1. The Bertz CT molecular complexity index is 1310. The molecule has 0 spiro atoms. The van der Waals surface area contributed by atoms with E-state index >= 15 is 0 Å². The van der Waals surface area contributed by atoms with Gasteiger partial charge in [-0.2, -0.15) is 5.26 Å². The van der Waals surface area contributed by atoms with Gasteiger partial charge in [0.25, 0.3) is 11.7 Å². The molecule has 0 fully saturated rings. The van der Waals surface area contributed by atoms with E-state index in [2.05, 4.69) is 10.1 Å². The summed E-state index contributed by atoms with van der Waals surface area (Å²) < 4.78 is 6.81. The Hall–Kier alpha value is -4.48. The van der Waals surface area contributed by atoms with Gasteiger partial charge in [-0.3, -0.25) is 4.79 Å². The first kappa shape index (κ1) is 23.7. The van der Waals surface area contributed by atoms with Gasteiger partial charge in [0.15, 0.2) is 12.4 Å². The van der Waals surface area contributed by atoms with E-state index in [0.717, 1.165) is 11.3 Å². The van der Waals surface area contributed by atoms with Crippen molar-refractivity contribution in [2.45, 2.75) is 6.42 Å². The molecule has 0 saturated heterocycles. The molecule has 0 aliphatic carbocycles. The lowest BCUT2D eigenvalue weighted by atomic mass is 10.2. The maximum Gasteiger partial charge on any atom is 0.378 e. The highest BCUT2D eigenvalue weighted by Crippen LogP contribution is 2.22. The molecule has 0 unspecified atom stereocenters. The molecule has 1 aromatic heterocycles. The maximum atomic E-state index is 12.9. The van der Waals surface area contributed by atoms with Gasteiger partial charge in [0.05, 0.1) is 18.2 Å². The zero-order valence-corrected chi connectivity index (χ0v) is 19.3. The number of esters is 1. The molecule has 0 aliphatic rings. The second-order valence-corrected chi connectivity index (χ2v) is 7.82. The van der Waals surface area contributed by atoms with Crippen LogP contribution in [0.2, 0.25) is 5.02 Å². The fourth-order valence-electron chi connectivity index (χ4n) is 3.40. The lowest BCUT2D eigenvalue weighted by Gasteiger charge is -2.21. The van der Waals surface area contributed by atoms with Crippen LogP contribution in [0.3, 0.4) is 0 Å². The molecule has 174 valence electrons. The molecule has 0 atom stereocenters. The van der Waals surface area contributed by atoms with Crippen molar-refractivity contribution in [3.63, 3.8) is 0 Å².